The van der Waals surface area contributed by atoms with Crippen LogP contribution in [0, 0.1) is 10.1 Å². The number of nitro benzene ring substituents is 1. The first-order valence-corrected chi connectivity index (χ1v) is 13.5. The number of anilines is 3. The van der Waals surface area contributed by atoms with Gasteiger partial charge in [-0.1, -0.05) is 0 Å². The Labute approximate surface area is 229 Å². The molecule has 1 aliphatic heterocycles. The van der Waals surface area contributed by atoms with Crippen molar-refractivity contribution in [3.05, 3.63) is 81.8 Å². The molecule has 1 aromatic heterocycles. The van der Waals surface area contributed by atoms with E-state index in [1.54, 1.807) is 11.2 Å². The largest absolute Gasteiger partial charge is 0.378 e. The van der Waals surface area contributed by atoms with Crippen LogP contribution in [0.25, 0.3) is 0 Å². The third-order valence-electron chi connectivity index (χ3n) is 7.67. The molecule has 0 atom stereocenters. The molecule has 0 N–H and O–H groups in total. The van der Waals surface area contributed by atoms with Crippen LogP contribution >= 0.6 is 0 Å². The highest BCUT2D eigenvalue weighted by atomic mass is 16.6. The molecule has 2 heterocycles. The van der Waals surface area contributed by atoms with Crippen molar-refractivity contribution in [3.63, 3.8) is 0 Å². The van der Waals surface area contributed by atoms with Gasteiger partial charge in [-0.3, -0.25) is 24.7 Å². The van der Waals surface area contributed by atoms with Crippen LogP contribution in [0.2, 0.25) is 0 Å². The Hall–Kier alpha value is -4.05. The lowest BCUT2D eigenvalue weighted by Crippen LogP contribution is -2.49. The second-order valence-electron chi connectivity index (χ2n) is 10.3. The van der Waals surface area contributed by atoms with Crippen LogP contribution in [0.1, 0.15) is 34.5 Å². The Kier molecular flexibility index (Phi) is 8.02. The number of hydrogen-bond donors (Lipinski definition) is 0. The predicted molar refractivity (Wildman–Crippen MR) is 153 cm³/mol. The summed E-state index contributed by atoms with van der Waals surface area (Å²) >= 11 is 0. The Bertz CT molecular complexity index is 1300. The Morgan fingerprint density at radius 1 is 0.949 bits per heavy atom. The molecule has 10 heteroatoms. The van der Waals surface area contributed by atoms with Crippen LogP contribution in [0.4, 0.5) is 22.9 Å². The first kappa shape index (κ1) is 26.6. The second kappa shape index (κ2) is 11.8. The highest BCUT2D eigenvalue weighted by Gasteiger charge is 2.27. The van der Waals surface area contributed by atoms with E-state index in [9.17, 15) is 14.9 Å². The van der Waals surface area contributed by atoms with Gasteiger partial charge in [0.2, 0.25) is 0 Å². The summed E-state index contributed by atoms with van der Waals surface area (Å²) in [6.07, 6.45) is 5.42. The number of nitro groups is 1. The number of benzene rings is 2. The van der Waals surface area contributed by atoms with Gasteiger partial charge >= 0.3 is 0 Å². The fourth-order valence-electron chi connectivity index (χ4n) is 5.35. The zero-order valence-corrected chi connectivity index (χ0v) is 22.6. The molecule has 1 saturated heterocycles. The van der Waals surface area contributed by atoms with Crippen molar-refractivity contribution < 1.29 is 9.72 Å². The molecule has 0 unspecified atom stereocenters. The molecule has 204 valence electrons. The van der Waals surface area contributed by atoms with E-state index in [0.29, 0.717) is 24.5 Å². The average molecular weight is 530 g/mol. The maximum absolute atomic E-state index is 13.8. The van der Waals surface area contributed by atoms with Crippen molar-refractivity contribution in [2.24, 2.45) is 0 Å². The summed E-state index contributed by atoms with van der Waals surface area (Å²) in [5.41, 5.74) is 4.85. The topological polar surface area (TPSA) is 99.0 Å². The van der Waals surface area contributed by atoms with Crippen molar-refractivity contribution >= 4 is 28.8 Å². The van der Waals surface area contributed by atoms with Crippen LogP contribution in [-0.2, 0) is 12.8 Å². The number of aryl methyl sites for hydroxylation is 1. The highest BCUT2D eigenvalue weighted by Crippen LogP contribution is 2.29. The second-order valence-corrected chi connectivity index (χ2v) is 10.3. The number of hydrogen-bond acceptors (Lipinski definition) is 8. The molecule has 1 fully saturated rings. The van der Waals surface area contributed by atoms with Crippen LogP contribution in [-0.4, -0.2) is 79.1 Å². The van der Waals surface area contributed by atoms with Gasteiger partial charge in [0.1, 0.15) is 12.1 Å². The predicted octanol–water partition coefficient (Wildman–Crippen LogP) is 3.80. The standard InChI is InChI=1S/C29H35N7O3/c1-32(2)23-11-13-24(14-12-23)34-18-15-33(16-19-34)17-20-35(28-26-5-3-4-6-27(26)30-21-31-28)29(37)22-7-9-25(10-8-22)36(38)39/h7-14,21H,3-6,15-20H2,1-2H3. The highest BCUT2D eigenvalue weighted by molar-refractivity contribution is 6.06. The summed E-state index contributed by atoms with van der Waals surface area (Å²) in [7, 11) is 4.08. The molecule has 1 aliphatic carbocycles. The van der Waals surface area contributed by atoms with E-state index in [4.69, 9.17) is 0 Å². The number of piperazine rings is 1. The van der Waals surface area contributed by atoms with E-state index >= 15 is 0 Å². The molecule has 0 bridgehead atoms. The average Bonchev–Trinajstić information content (AvgIpc) is 2.97. The van der Waals surface area contributed by atoms with Gasteiger partial charge in [-0.15, -0.1) is 0 Å². The Balaban J connectivity index is 1.30. The van der Waals surface area contributed by atoms with E-state index in [-0.39, 0.29) is 11.6 Å². The molecule has 0 saturated carbocycles. The molecule has 10 nitrogen and oxygen atoms in total. The van der Waals surface area contributed by atoms with Gasteiger partial charge < -0.3 is 9.80 Å². The molecule has 0 radical (unpaired) electrons. The lowest BCUT2D eigenvalue weighted by atomic mass is 9.96. The van der Waals surface area contributed by atoms with E-state index < -0.39 is 4.92 Å². The molecule has 2 aromatic carbocycles. The van der Waals surface area contributed by atoms with Crippen LogP contribution in [0.5, 0.6) is 0 Å². The zero-order chi connectivity index (χ0) is 27.4. The van der Waals surface area contributed by atoms with Gasteiger partial charge in [0.05, 0.1) is 4.92 Å². The summed E-state index contributed by atoms with van der Waals surface area (Å²) in [5.74, 6) is 0.471. The van der Waals surface area contributed by atoms with Crippen molar-refractivity contribution in [2.75, 3.05) is 68.1 Å². The summed E-state index contributed by atoms with van der Waals surface area (Å²) in [6, 6.07) is 14.5. The van der Waals surface area contributed by atoms with Gasteiger partial charge in [-0.05, 0) is 62.1 Å². The van der Waals surface area contributed by atoms with E-state index in [1.807, 2.05) is 14.1 Å². The Morgan fingerprint density at radius 3 is 2.31 bits per heavy atom. The van der Waals surface area contributed by atoms with Gasteiger partial charge in [0.25, 0.3) is 11.6 Å². The van der Waals surface area contributed by atoms with E-state index in [2.05, 4.69) is 48.9 Å². The van der Waals surface area contributed by atoms with Crippen LogP contribution in [0.15, 0.2) is 54.9 Å². The van der Waals surface area contributed by atoms with Crippen molar-refractivity contribution in [2.45, 2.75) is 25.7 Å². The van der Waals surface area contributed by atoms with Crippen molar-refractivity contribution in [1.29, 1.82) is 0 Å². The van der Waals surface area contributed by atoms with Crippen molar-refractivity contribution in [1.82, 2.24) is 14.9 Å². The first-order chi connectivity index (χ1) is 18.9. The molecule has 0 spiro atoms. The number of carbonyl (C=O) groups is 1. The minimum Gasteiger partial charge on any atom is -0.378 e. The van der Waals surface area contributed by atoms with Crippen LogP contribution in [0.3, 0.4) is 0 Å². The van der Waals surface area contributed by atoms with Crippen molar-refractivity contribution in [3.8, 4) is 0 Å². The third kappa shape index (κ3) is 6.01. The smallest absolute Gasteiger partial charge is 0.269 e. The maximum Gasteiger partial charge on any atom is 0.269 e. The summed E-state index contributed by atoms with van der Waals surface area (Å²) in [4.78, 5) is 42.1. The third-order valence-corrected chi connectivity index (χ3v) is 7.67. The number of nitrogens with zero attached hydrogens (tertiary/aromatic N) is 7. The number of fused-ring (bicyclic) bond motifs is 1. The van der Waals surface area contributed by atoms with Gasteiger partial charge in [-0.2, -0.15) is 0 Å². The van der Waals surface area contributed by atoms with Crippen LogP contribution < -0.4 is 14.7 Å². The fraction of sp³-hybridized carbons (Fsp3) is 0.414. The van der Waals surface area contributed by atoms with E-state index in [1.165, 1.54) is 35.6 Å². The van der Waals surface area contributed by atoms with Gasteiger partial charge in [0.15, 0.2) is 0 Å². The lowest BCUT2D eigenvalue weighted by molar-refractivity contribution is -0.384. The number of carbonyl (C=O) groups excluding carboxylic acids is 1. The SMILES string of the molecule is CN(C)c1ccc(N2CCN(CCN(C(=O)c3ccc([N+](=O)[O-])cc3)c3ncnc4c3CCCC4)CC2)cc1. The lowest BCUT2D eigenvalue weighted by Gasteiger charge is -2.37. The maximum atomic E-state index is 13.8. The zero-order valence-electron chi connectivity index (χ0n) is 22.6. The number of rotatable bonds is 8. The normalized spacial score (nSPS) is 15.5. The molecule has 5 rings (SSSR count). The number of aromatic nitrogens is 2. The molecule has 3 aromatic rings. The number of amides is 1. The van der Waals surface area contributed by atoms with Gasteiger partial charge in [-0.25, -0.2) is 9.97 Å². The molecule has 2 aliphatic rings. The minimum absolute atomic E-state index is 0.0354. The summed E-state index contributed by atoms with van der Waals surface area (Å²) < 4.78 is 0. The monoisotopic (exact) mass is 529 g/mol. The fourth-order valence-corrected chi connectivity index (χ4v) is 5.35. The summed E-state index contributed by atoms with van der Waals surface area (Å²) in [5, 5.41) is 11.1. The Morgan fingerprint density at radius 2 is 1.64 bits per heavy atom. The number of non-ortho nitro benzene ring substituents is 1. The quantitative estimate of drug-likeness (QED) is 0.321. The van der Waals surface area contributed by atoms with Gasteiger partial charge in [0, 0.05) is 93.7 Å². The summed E-state index contributed by atoms with van der Waals surface area (Å²) in [6.45, 7) is 4.83. The molecular weight excluding hydrogens is 494 g/mol. The minimum atomic E-state index is -0.455. The molecule has 39 heavy (non-hydrogen) atoms. The van der Waals surface area contributed by atoms with E-state index in [0.717, 1.165) is 63.1 Å². The first-order valence-electron chi connectivity index (χ1n) is 13.5. The molecular formula is C29H35N7O3. The molecule has 1 amide bonds.